The normalized spacial score (nSPS) is 17.7. The lowest BCUT2D eigenvalue weighted by atomic mass is 9.96. The van der Waals surface area contributed by atoms with Crippen LogP contribution in [0.2, 0.25) is 5.02 Å². The second-order valence-corrected chi connectivity index (χ2v) is 7.68. The predicted octanol–water partition coefficient (Wildman–Crippen LogP) is 3.45. The molecule has 1 aliphatic rings. The third-order valence-electron chi connectivity index (χ3n) is 5.36. The molecule has 1 saturated heterocycles. The Morgan fingerprint density at radius 3 is 2.56 bits per heavy atom. The van der Waals surface area contributed by atoms with E-state index in [0.717, 1.165) is 0 Å². The summed E-state index contributed by atoms with van der Waals surface area (Å²) in [4.78, 5) is 35.5. The maximum Gasteiger partial charge on any atom is 0.295 e. The number of carbonyl (C=O) groups excluding carboxylic acids is 2. The number of hydrogen-bond acceptors (Lipinski definition) is 6. The number of halogens is 1. The van der Waals surface area contributed by atoms with Crippen LogP contribution in [-0.4, -0.2) is 49.9 Å². The lowest BCUT2D eigenvalue weighted by Gasteiger charge is -2.25. The fraction of sp³-hybridized carbons (Fsp3) is 0.217. The van der Waals surface area contributed by atoms with Gasteiger partial charge in [0.2, 0.25) is 0 Å². The molecule has 1 aliphatic heterocycles. The Labute approximate surface area is 189 Å². The average Bonchev–Trinajstić information content (AvgIpc) is 3.41. The number of Topliss-reactive ketones (excluding diaryl/α,β-unsaturated/α-hetero) is 1. The molecule has 1 amide bonds. The number of pyridine rings is 1. The average molecular weight is 453 g/mol. The molecule has 32 heavy (non-hydrogen) atoms. The highest BCUT2D eigenvalue weighted by Gasteiger charge is 2.45. The van der Waals surface area contributed by atoms with E-state index in [4.69, 9.17) is 16.3 Å². The fourth-order valence-corrected chi connectivity index (χ4v) is 4.07. The molecule has 3 aromatic rings. The smallest absolute Gasteiger partial charge is 0.295 e. The van der Waals surface area contributed by atoms with Crippen LogP contribution in [0.4, 0.5) is 0 Å². The molecular weight excluding hydrogens is 432 g/mol. The summed E-state index contributed by atoms with van der Waals surface area (Å²) in [5.41, 5.74) is 1.03. The first kappa shape index (κ1) is 21.6. The second kappa shape index (κ2) is 9.23. The van der Waals surface area contributed by atoms with E-state index in [-0.39, 0.29) is 16.4 Å². The predicted molar refractivity (Wildman–Crippen MR) is 118 cm³/mol. The summed E-state index contributed by atoms with van der Waals surface area (Å²) in [6.07, 6.45) is 9.00. The number of hydrogen-bond donors (Lipinski definition) is 1. The molecule has 3 heterocycles. The van der Waals surface area contributed by atoms with Gasteiger partial charge in [-0.05, 0) is 42.3 Å². The molecule has 8 nitrogen and oxygen atoms in total. The number of carbonyl (C=O) groups is 2. The van der Waals surface area contributed by atoms with Crippen LogP contribution in [0.25, 0.3) is 5.76 Å². The van der Waals surface area contributed by atoms with E-state index in [1.807, 2.05) is 10.8 Å². The van der Waals surface area contributed by atoms with E-state index in [1.165, 1.54) is 18.1 Å². The van der Waals surface area contributed by atoms with Gasteiger partial charge in [0.25, 0.3) is 11.7 Å². The van der Waals surface area contributed by atoms with Crippen LogP contribution in [0.1, 0.15) is 23.6 Å². The van der Waals surface area contributed by atoms with E-state index in [1.54, 1.807) is 49.2 Å². The second-order valence-electron chi connectivity index (χ2n) is 7.28. The molecule has 0 bridgehead atoms. The molecule has 2 aromatic heterocycles. The van der Waals surface area contributed by atoms with Crippen molar-refractivity contribution in [2.45, 2.75) is 19.0 Å². The van der Waals surface area contributed by atoms with Gasteiger partial charge in [-0.2, -0.15) is 0 Å². The van der Waals surface area contributed by atoms with E-state index >= 15 is 0 Å². The summed E-state index contributed by atoms with van der Waals surface area (Å²) >= 11 is 6.21. The molecule has 0 spiro atoms. The monoisotopic (exact) mass is 452 g/mol. The Kier molecular flexibility index (Phi) is 6.23. The van der Waals surface area contributed by atoms with Gasteiger partial charge in [0, 0.05) is 43.4 Å². The quantitative estimate of drug-likeness (QED) is 0.335. The number of rotatable bonds is 7. The van der Waals surface area contributed by atoms with Gasteiger partial charge in [0.1, 0.15) is 11.5 Å². The van der Waals surface area contributed by atoms with Crippen molar-refractivity contribution in [1.82, 2.24) is 19.4 Å². The summed E-state index contributed by atoms with van der Waals surface area (Å²) < 4.78 is 7.05. The molecule has 1 atom stereocenters. The van der Waals surface area contributed by atoms with Gasteiger partial charge >= 0.3 is 0 Å². The van der Waals surface area contributed by atoms with Crippen molar-refractivity contribution in [1.29, 1.82) is 0 Å². The van der Waals surface area contributed by atoms with Crippen molar-refractivity contribution in [3.05, 3.63) is 83.2 Å². The zero-order chi connectivity index (χ0) is 22.7. The Hall–Kier alpha value is -3.65. The van der Waals surface area contributed by atoms with Crippen molar-refractivity contribution in [2.75, 3.05) is 13.7 Å². The molecular formula is C23H21ClN4O4. The molecule has 1 aromatic carbocycles. The summed E-state index contributed by atoms with van der Waals surface area (Å²) in [6, 6.07) is 7.42. The zero-order valence-electron chi connectivity index (χ0n) is 17.3. The van der Waals surface area contributed by atoms with Crippen molar-refractivity contribution in [3.63, 3.8) is 0 Å². The molecule has 0 saturated carbocycles. The summed E-state index contributed by atoms with van der Waals surface area (Å²) in [5, 5.41) is 11.4. The van der Waals surface area contributed by atoms with Gasteiger partial charge in [-0.1, -0.05) is 11.6 Å². The maximum absolute atomic E-state index is 13.0. The standard InChI is InChI=1S/C23H21ClN4O4/c1-32-18-4-3-16(13-17(18)24)21(29)19-20(15-5-7-25-8-6-15)28(23(31)22(19)30)11-2-10-27-12-9-26-14-27/h3-9,12-14,20,29H,2,10-11H2,1H3/b21-19+. The van der Waals surface area contributed by atoms with Crippen molar-refractivity contribution < 1.29 is 19.4 Å². The first-order valence-electron chi connectivity index (χ1n) is 9.99. The third kappa shape index (κ3) is 4.09. The van der Waals surface area contributed by atoms with Crippen LogP contribution in [0.3, 0.4) is 0 Å². The van der Waals surface area contributed by atoms with E-state index in [9.17, 15) is 14.7 Å². The van der Waals surface area contributed by atoms with E-state index in [2.05, 4.69) is 9.97 Å². The van der Waals surface area contributed by atoms with Crippen molar-refractivity contribution >= 4 is 29.1 Å². The number of aliphatic hydroxyl groups is 1. The number of imidazole rings is 1. The van der Waals surface area contributed by atoms with Crippen LogP contribution < -0.4 is 4.74 Å². The Morgan fingerprint density at radius 1 is 1.12 bits per heavy atom. The third-order valence-corrected chi connectivity index (χ3v) is 5.66. The van der Waals surface area contributed by atoms with E-state index < -0.39 is 17.7 Å². The number of aromatic nitrogens is 3. The van der Waals surface area contributed by atoms with Crippen LogP contribution >= 0.6 is 11.6 Å². The van der Waals surface area contributed by atoms with Gasteiger partial charge in [-0.15, -0.1) is 0 Å². The first-order chi connectivity index (χ1) is 15.5. The minimum atomic E-state index is -0.737. The minimum Gasteiger partial charge on any atom is -0.507 e. The highest BCUT2D eigenvalue weighted by atomic mass is 35.5. The summed E-state index contributed by atoms with van der Waals surface area (Å²) in [7, 11) is 1.49. The molecule has 1 fully saturated rings. The number of ether oxygens (including phenoxy) is 1. The van der Waals surface area contributed by atoms with Gasteiger partial charge in [0.15, 0.2) is 0 Å². The minimum absolute atomic E-state index is 0.0186. The topological polar surface area (TPSA) is 97.6 Å². The number of aliphatic hydroxyl groups excluding tert-OH is 1. The molecule has 1 unspecified atom stereocenters. The van der Waals surface area contributed by atoms with Crippen molar-refractivity contribution in [3.8, 4) is 5.75 Å². The number of amides is 1. The SMILES string of the molecule is COc1ccc(/C(O)=C2\C(=O)C(=O)N(CCCn3ccnc3)C2c2ccncc2)cc1Cl. The highest BCUT2D eigenvalue weighted by molar-refractivity contribution is 6.46. The van der Waals surface area contributed by atoms with Crippen LogP contribution in [-0.2, 0) is 16.1 Å². The molecule has 4 rings (SSSR count). The van der Waals surface area contributed by atoms with Crippen LogP contribution in [0.5, 0.6) is 5.75 Å². The summed E-state index contributed by atoms with van der Waals surface area (Å²) in [6.45, 7) is 0.968. The van der Waals surface area contributed by atoms with Gasteiger partial charge in [0.05, 0.1) is 30.1 Å². The van der Waals surface area contributed by atoms with Crippen molar-refractivity contribution in [2.24, 2.45) is 0 Å². The molecule has 164 valence electrons. The van der Waals surface area contributed by atoms with Gasteiger partial charge in [-0.3, -0.25) is 14.6 Å². The van der Waals surface area contributed by atoms with Gasteiger partial charge in [-0.25, -0.2) is 4.98 Å². The molecule has 1 N–H and O–H groups in total. The largest absolute Gasteiger partial charge is 0.507 e. The number of benzene rings is 1. The van der Waals surface area contributed by atoms with Crippen LogP contribution in [0.15, 0.2) is 67.0 Å². The number of methoxy groups -OCH3 is 1. The Bertz CT molecular complexity index is 1160. The Morgan fingerprint density at radius 2 is 1.91 bits per heavy atom. The van der Waals surface area contributed by atoms with E-state index in [0.29, 0.717) is 36.4 Å². The number of ketones is 1. The molecule has 0 radical (unpaired) electrons. The molecule has 0 aliphatic carbocycles. The maximum atomic E-state index is 13.0. The fourth-order valence-electron chi connectivity index (χ4n) is 3.81. The van der Waals surface area contributed by atoms with Gasteiger partial charge < -0.3 is 19.3 Å². The number of aryl methyl sites for hydroxylation is 1. The lowest BCUT2D eigenvalue weighted by molar-refractivity contribution is -0.139. The summed E-state index contributed by atoms with van der Waals surface area (Å²) in [5.74, 6) is -1.24. The molecule has 9 heteroatoms. The van der Waals surface area contributed by atoms with Crippen LogP contribution in [0, 0.1) is 0 Å². The highest BCUT2D eigenvalue weighted by Crippen LogP contribution is 2.40. The lowest BCUT2D eigenvalue weighted by Crippen LogP contribution is -2.31. The number of nitrogens with zero attached hydrogens (tertiary/aromatic N) is 4. The number of likely N-dealkylation sites (tertiary alicyclic amines) is 1. The Balaban J connectivity index is 1.72. The first-order valence-corrected chi connectivity index (χ1v) is 10.4. The zero-order valence-corrected chi connectivity index (χ0v) is 18.1.